The van der Waals surface area contributed by atoms with E-state index in [0.29, 0.717) is 12.1 Å². The van der Waals surface area contributed by atoms with Crippen LogP contribution < -0.4 is 4.74 Å². The molecule has 0 aliphatic carbocycles. The van der Waals surface area contributed by atoms with Gasteiger partial charge in [0.1, 0.15) is 6.33 Å². The molecule has 0 unspecified atom stereocenters. The summed E-state index contributed by atoms with van der Waals surface area (Å²) in [6.45, 7) is 0. The van der Waals surface area contributed by atoms with Crippen LogP contribution in [0.15, 0.2) is 30.6 Å². The van der Waals surface area contributed by atoms with Crippen molar-refractivity contribution in [2.45, 2.75) is 6.18 Å². The SMILES string of the molecule is O=[N+]([O-])c1cc(C(F)(F)F)ccc1Oc1cc(F)ncn1. The molecule has 1 heterocycles. The van der Waals surface area contributed by atoms with Crippen LogP contribution in [0.1, 0.15) is 5.56 Å². The summed E-state index contributed by atoms with van der Waals surface area (Å²) >= 11 is 0. The van der Waals surface area contributed by atoms with E-state index in [2.05, 4.69) is 9.97 Å². The molecule has 0 saturated heterocycles. The van der Waals surface area contributed by atoms with Gasteiger partial charge in [0.15, 0.2) is 0 Å². The number of rotatable bonds is 3. The van der Waals surface area contributed by atoms with E-state index < -0.39 is 34.0 Å². The first-order valence-electron chi connectivity index (χ1n) is 5.28. The van der Waals surface area contributed by atoms with E-state index in [4.69, 9.17) is 4.74 Å². The third-order valence-corrected chi connectivity index (χ3v) is 2.31. The quantitative estimate of drug-likeness (QED) is 0.376. The second-order valence-corrected chi connectivity index (χ2v) is 3.72. The summed E-state index contributed by atoms with van der Waals surface area (Å²) in [4.78, 5) is 16.4. The van der Waals surface area contributed by atoms with E-state index >= 15 is 0 Å². The third-order valence-electron chi connectivity index (χ3n) is 2.31. The highest BCUT2D eigenvalue weighted by Gasteiger charge is 2.33. The number of nitro groups is 1. The fraction of sp³-hybridized carbons (Fsp3) is 0.0909. The Morgan fingerprint density at radius 1 is 1.19 bits per heavy atom. The number of nitrogens with zero attached hydrogens (tertiary/aromatic N) is 3. The molecule has 0 radical (unpaired) electrons. The van der Waals surface area contributed by atoms with E-state index in [1.54, 1.807) is 0 Å². The highest BCUT2D eigenvalue weighted by atomic mass is 19.4. The molecule has 10 heteroatoms. The van der Waals surface area contributed by atoms with E-state index in [1.807, 2.05) is 0 Å². The lowest BCUT2D eigenvalue weighted by Gasteiger charge is -2.09. The number of aromatic nitrogens is 2. The third kappa shape index (κ3) is 3.41. The molecule has 0 spiro atoms. The molecule has 21 heavy (non-hydrogen) atoms. The topological polar surface area (TPSA) is 78.2 Å². The summed E-state index contributed by atoms with van der Waals surface area (Å²) in [5, 5.41) is 10.8. The summed E-state index contributed by atoms with van der Waals surface area (Å²) in [5.74, 6) is -1.81. The van der Waals surface area contributed by atoms with Gasteiger partial charge in [-0.15, -0.1) is 0 Å². The van der Waals surface area contributed by atoms with Crippen LogP contribution in [-0.2, 0) is 6.18 Å². The smallest absolute Gasteiger partial charge is 0.416 e. The summed E-state index contributed by atoms with van der Waals surface area (Å²) in [5.41, 5.74) is -2.11. The lowest BCUT2D eigenvalue weighted by Crippen LogP contribution is -2.06. The lowest BCUT2D eigenvalue weighted by molar-refractivity contribution is -0.385. The fourth-order valence-electron chi connectivity index (χ4n) is 1.41. The summed E-state index contributed by atoms with van der Waals surface area (Å²) < 4.78 is 55.3. The Morgan fingerprint density at radius 2 is 1.90 bits per heavy atom. The molecule has 0 aliphatic rings. The highest BCUT2D eigenvalue weighted by molar-refractivity contribution is 5.50. The minimum atomic E-state index is -4.73. The van der Waals surface area contributed by atoms with Crippen LogP contribution >= 0.6 is 0 Å². The molecule has 6 nitrogen and oxygen atoms in total. The number of alkyl halides is 3. The van der Waals surface area contributed by atoms with Gasteiger partial charge in [0.25, 0.3) is 0 Å². The normalized spacial score (nSPS) is 11.2. The average Bonchev–Trinajstić information content (AvgIpc) is 2.37. The van der Waals surface area contributed by atoms with Crippen molar-refractivity contribution in [1.82, 2.24) is 9.97 Å². The summed E-state index contributed by atoms with van der Waals surface area (Å²) in [6.07, 6.45) is -3.93. The first-order valence-corrected chi connectivity index (χ1v) is 5.28. The predicted octanol–water partition coefficient (Wildman–Crippen LogP) is 3.34. The van der Waals surface area contributed by atoms with Crippen LogP contribution in [0.5, 0.6) is 11.6 Å². The molecular weight excluding hydrogens is 298 g/mol. The first-order chi connectivity index (χ1) is 9.77. The molecule has 2 rings (SSSR count). The zero-order valence-corrected chi connectivity index (χ0v) is 9.96. The standard InChI is InChI=1S/C11H5F4N3O3/c12-9-4-10(17-5-16-9)21-8-2-1-6(11(13,14)15)3-7(8)18(19)20/h1-5H. The molecule has 110 valence electrons. The molecule has 0 fully saturated rings. The van der Waals surface area contributed by atoms with Crippen molar-refractivity contribution < 1.29 is 27.2 Å². The maximum Gasteiger partial charge on any atom is 0.416 e. The Hall–Kier alpha value is -2.78. The Kier molecular flexibility index (Phi) is 3.70. The van der Waals surface area contributed by atoms with Crippen LogP contribution in [0.3, 0.4) is 0 Å². The van der Waals surface area contributed by atoms with Gasteiger partial charge in [-0.25, -0.2) is 9.97 Å². The Balaban J connectivity index is 2.42. The maximum atomic E-state index is 12.8. The fourth-order valence-corrected chi connectivity index (χ4v) is 1.41. The monoisotopic (exact) mass is 303 g/mol. The number of nitro benzene ring substituents is 1. The van der Waals surface area contributed by atoms with Gasteiger partial charge in [-0.3, -0.25) is 10.1 Å². The number of ether oxygens (including phenoxy) is 1. The predicted molar refractivity (Wildman–Crippen MR) is 60.2 cm³/mol. The highest BCUT2D eigenvalue weighted by Crippen LogP contribution is 2.37. The average molecular weight is 303 g/mol. The largest absolute Gasteiger partial charge is 0.432 e. The van der Waals surface area contributed by atoms with Gasteiger partial charge in [0.05, 0.1) is 16.6 Å². The van der Waals surface area contributed by atoms with Crippen molar-refractivity contribution in [3.8, 4) is 11.6 Å². The van der Waals surface area contributed by atoms with Crippen molar-refractivity contribution in [2.24, 2.45) is 0 Å². The maximum absolute atomic E-state index is 12.8. The van der Waals surface area contributed by atoms with Crippen molar-refractivity contribution in [2.75, 3.05) is 0 Å². The van der Waals surface area contributed by atoms with Crippen LogP contribution in [-0.4, -0.2) is 14.9 Å². The molecule has 0 amide bonds. The van der Waals surface area contributed by atoms with Gasteiger partial charge in [0, 0.05) is 6.07 Å². The molecule has 0 saturated carbocycles. The minimum absolute atomic E-state index is 0.326. The van der Waals surface area contributed by atoms with E-state index in [1.165, 1.54) is 0 Å². The summed E-state index contributed by atoms with van der Waals surface area (Å²) in [6, 6.07) is 2.44. The van der Waals surface area contributed by atoms with E-state index in [0.717, 1.165) is 18.5 Å². The molecule has 0 N–H and O–H groups in total. The Morgan fingerprint density at radius 3 is 2.48 bits per heavy atom. The second kappa shape index (κ2) is 5.31. The lowest BCUT2D eigenvalue weighted by atomic mass is 10.2. The van der Waals surface area contributed by atoms with Crippen LogP contribution in [0, 0.1) is 16.1 Å². The molecule has 0 atom stereocenters. The molecular formula is C11H5F4N3O3. The molecule has 0 aliphatic heterocycles. The minimum Gasteiger partial charge on any atom is -0.432 e. The van der Waals surface area contributed by atoms with Gasteiger partial charge in [-0.05, 0) is 12.1 Å². The Bertz CT molecular complexity index is 691. The zero-order valence-electron chi connectivity index (χ0n) is 9.96. The zero-order chi connectivity index (χ0) is 15.6. The van der Waals surface area contributed by atoms with Crippen molar-refractivity contribution in [3.05, 3.63) is 52.2 Å². The molecule has 2 aromatic rings. The van der Waals surface area contributed by atoms with E-state index in [9.17, 15) is 27.7 Å². The van der Waals surface area contributed by atoms with Crippen LogP contribution in [0.25, 0.3) is 0 Å². The van der Waals surface area contributed by atoms with E-state index in [-0.39, 0.29) is 5.88 Å². The van der Waals surface area contributed by atoms with Gasteiger partial charge in [-0.1, -0.05) is 0 Å². The number of hydrogen-bond donors (Lipinski definition) is 0. The van der Waals surface area contributed by atoms with Crippen molar-refractivity contribution >= 4 is 5.69 Å². The molecule has 1 aromatic carbocycles. The van der Waals surface area contributed by atoms with Gasteiger partial charge in [-0.2, -0.15) is 17.6 Å². The van der Waals surface area contributed by atoms with Gasteiger partial charge >= 0.3 is 11.9 Å². The number of benzene rings is 1. The van der Waals surface area contributed by atoms with Crippen LogP contribution in [0.2, 0.25) is 0 Å². The van der Waals surface area contributed by atoms with Gasteiger partial charge < -0.3 is 4.74 Å². The van der Waals surface area contributed by atoms with Crippen molar-refractivity contribution in [3.63, 3.8) is 0 Å². The molecule has 0 bridgehead atoms. The second-order valence-electron chi connectivity index (χ2n) is 3.72. The van der Waals surface area contributed by atoms with Gasteiger partial charge in [0.2, 0.25) is 17.6 Å². The molecule has 1 aromatic heterocycles. The summed E-state index contributed by atoms with van der Waals surface area (Å²) in [7, 11) is 0. The number of halogens is 4. The van der Waals surface area contributed by atoms with Crippen molar-refractivity contribution in [1.29, 1.82) is 0 Å². The Labute approximate surface area is 114 Å². The van der Waals surface area contributed by atoms with Crippen LogP contribution in [0.4, 0.5) is 23.2 Å². The number of hydrogen-bond acceptors (Lipinski definition) is 5. The first kappa shape index (κ1) is 14.6.